The average molecular weight is 438 g/mol. The van der Waals surface area contributed by atoms with Gasteiger partial charge < -0.3 is 30.1 Å². The molecule has 3 N–H and O–H groups in total. The highest BCUT2D eigenvalue weighted by molar-refractivity contribution is 7.80. The minimum atomic E-state index is -1.42. The van der Waals surface area contributed by atoms with Crippen LogP contribution in [0, 0.1) is 5.82 Å². The number of aliphatic hydroxyl groups excluding tert-OH is 2. The van der Waals surface area contributed by atoms with Crippen molar-refractivity contribution in [3.05, 3.63) is 35.9 Å². The van der Waals surface area contributed by atoms with Crippen molar-refractivity contribution in [2.24, 2.45) is 0 Å². The first-order chi connectivity index (χ1) is 14.4. The van der Waals surface area contributed by atoms with E-state index in [1.807, 2.05) is 4.90 Å². The van der Waals surface area contributed by atoms with Crippen molar-refractivity contribution in [2.45, 2.75) is 12.6 Å². The van der Waals surface area contributed by atoms with Crippen molar-refractivity contribution in [1.29, 1.82) is 0 Å². The number of methoxy groups -OCH3 is 1. The molecule has 0 aliphatic carbocycles. The molecule has 0 unspecified atom stereocenters. The standard InChI is InChI=1S/C18H23FN6O4S/c1-29-18(30)20-9-12-10-25(22-21-12)13-2-3-15(14(19)8-13)23-4-6-24(7-5-23)17(28)16(27)11-26/h2-3,8,10,16,26-27H,4-7,9,11H2,1H3,(H,20,30)/t16-/m0/s1. The minimum absolute atomic E-state index is 0.243. The van der Waals surface area contributed by atoms with Crippen LogP contribution in [0.25, 0.3) is 5.69 Å². The lowest BCUT2D eigenvalue weighted by Gasteiger charge is -2.36. The highest BCUT2D eigenvalue weighted by Crippen LogP contribution is 2.23. The molecular weight excluding hydrogens is 415 g/mol. The van der Waals surface area contributed by atoms with Gasteiger partial charge in [-0.15, -0.1) is 5.10 Å². The predicted octanol–water partition coefficient (Wildman–Crippen LogP) is -0.571. The normalized spacial score (nSPS) is 15.1. The second-order valence-electron chi connectivity index (χ2n) is 6.65. The van der Waals surface area contributed by atoms with Gasteiger partial charge >= 0.3 is 0 Å². The Labute approximate surface area is 177 Å². The third kappa shape index (κ3) is 5.01. The molecule has 1 amide bonds. The number of nitrogens with zero attached hydrogens (tertiary/aromatic N) is 5. The largest absolute Gasteiger partial charge is 0.474 e. The lowest BCUT2D eigenvalue weighted by molar-refractivity contribution is -0.142. The molecule has 1 fully saturated rings. The van der Waals surface area contributed by atoms with Gasteiger partial charge in [-0.1, -0.05) is 5.21 Å². The number of piperazine rings is 1. The molecule has 12 heteroatoms. The van der Waals surface area contributed by atoms with Crippen molar-refractivity contribution < 1.29 is 24.1 Å². The molecule has 10 nitrogen and oxygen atoms in total. The van der Waals surface area contributed by atoms with Gasteiger partial charge in [-0.25, -0.2) is 9.07 Å². The van der Waals surface area contributed by atoms with Crippen molar-refractivity contribution >= 4 is 29.0 Å². The molecule has 1 saturated heterocycles. The quantitative estimate of drug-likeness (QED) is 0.510. The fourth-order valence-electron chi connectivity index (χ4n) is 3.09. The zero-order chi connectivity index (χ0) is 21.7. The number of carbonyl (C=O) groups excluding carboxylic acids is 1. The summed E-state index contributed by atoms with van der Waals surface area (Å²) in [5.41, 5.74) is 1.55. The van der Waals surface area contributed by atoms with Crippen LogP contribution in [0.4, 0.5) is 10.1 Å². The van der Waals surface area contributed by atoms with E-state index < -0.39 is 24.4 Å². The summed E-state index contributed by atoms with van der Waals surface area (Å²) in [7, 11) is 1.46. The molecule has 3 rings (SSSR count). The zero-order valence-electron chi connectivity index (χ0n) is 16.4. The summed E-state index contributed by atoms with van der Waals surface area (Å²) in [4.78, 5) is 15.2. The third-order valence-corrected chi connectivity index (χ3v) is 5.04. The number of hydrogen-bond donors (Lipinski definition) is 3. The van der Waals surface area contributed by atoms with Crippen molar-refractivity contribution in [1.82, 2.24) is 25.2 Å². The fourth-order valence-corrected chi connectivity index (χ4v) is 3.16. The van der Waals surface area contributed by atoms with Crippen molar-refractivity contribution in [3.8, 4) is 5.69 Å². The maximum Gasteiger partial charge on any atom is 0.256 e. The van der Waals surface area contributed by atoms with Crippen LogP contribution >= 0.6 is 12.2 Å². The van der Waals surface area contributed by atoms with Crippen molar-refractivity contribution in [3.63, 3.8) is 0 Å². The Balaban J connectivity index is 1.63. The molecule has 1 aliphatic heterocycles. The number of hydrogen-bond acceptors (Lipinski definition) is 8. The van der Waals surface area contributed by atoms with E-state index in [0.717, 1.165) is 0 Å². The maximum absolute atomic E-state index is 14.8. The van der Waals surface area contributed by atoms with Crippen LogP contribution in [0.15, 0.2) is 24.4 Å². The average Bonchev–Trinajstić information content (AvgIpc) is 3.25. The molecular formula is C18H23FN6O4S. The van der Waals surface area contributed by atoms with Gasteiger partial charge in [0.05, 0.1) is 37.8 Å². The number of thiocarbonyl (C=S) groups is 1. The van der Waals surface area contributed by atoms with Gasteiger partial charge in [0.15, 0.2) is 6.10 Å². The number of anilines is 1. The summed E-state index contributed by atoms with van der Waals surface area (Å²) in [6.45, 7) is 1.21. The summed E-state index contributed by atoms with van der Waals surface area (Å²) < 4.78 is 21.1. The highest BCUT2D eigenvalue weighted by atomic mass is 32.1. The van der Waals surface area contributed by atoms with Crippen LogP contribution in [-0.4, -0.2) is 87.2 Å². The molecule has 0 spiro atoms. The Kier molecular flexibility index (Phi) is 7.13. The Morgan fingerprint density at radius 3 is 2.73 bits per heavy atom. The Hall–Kier alpha value is -2.83. The molecule has 2 aromatic rings. The number of aliphatic hydroxyl groups is 2. The first kappa shape index (κ1) is 21.9. The van der Waals surface area contributed by atoms with Gasteiger partial charge in [0.1, 0.15) is 11.5 Å². The summed E-state index contributed by atoms with van der Waals surface area (Å²) in [6.07, 6.45) is 0.247. The number of aromatic nitrogens is 3. The Bertz CT molecular complexity index is 903. The van der Waals surface area contributed by atoms with E-state index in [4.69, 9.17) is 22.1 Å². The molecule has 1 aliphatic rings. The van der Waals surface area contributed by atoms with E-state index in [2.05, 4.69) is 15.6 Å². The maximum atomic E-state index is 14.8. The molecule has 0 radical (unpaired) electrons. The number of benzene rings is 1. The summed E-state index contributed by atoms with van der Waals surface area (Å²) in [5.74, 6) is -0.936. The van der Waals surface area contributed by atoms with Crippen LogP contribution < -0.4 is 10.2 Å². The Morgan fingerprint density at radius 1 is 1.37 bits per heavy atom. The van der Waals surface area contributed by atoms with Gasteiger partial charge in [0.25, 0.3) is 11.1 Å². The number of nitrogens with one attached hydrogen (secondary N) is 1. The lowest BCUT2D eigenvalue weighted by Crippen LogP contribution is -2.52. The molecule has 1 aromatic carbocycles. The second kappa shape index (κ2) is 9.78. The molecule has 30 heavy (non-hydrogen) atoms. The summed E-state index contributed by atoms with van der Waals surface area (Å²) in [5, 5.41) is 29.5. The fraction of sp³-hybridized carbons (Fsp3) is 0.444. The number of halogens is 1. The van der Waals surface area contributed by atoms with Crippen LogP contribution in [0.5, 0.6) is 0 Å². The van der Waals surface area contributed by atoms with E-state index >= 15 is 0 Å². The first-order valence-electron chi connectivity index (χ1n) is 9.28. The third-order valence-electron chi connectivity index (χ3n) is 4.73. The zero-order valence-corrected chi connectivity index (χ0v) is 17.2. The minimum Gasteiger partial charge on any atom is -0.474 e. The predicted molar refractivity (Wildman–Crippen MR) is 110 cm³/mol. The molecule has 2 heterocycles. The van der Waals surface area contributed by atoms with Gasteiger partial charge in [-0.3, -0.25) is 4.79 Å². The monoisotopic (exact) mass is 438 g/mol. The molecule has 1 atom stereocenters. The van der Waals surface area contributed by atoms with Crippen LogP contribution in [0.2, 0.25) is 0 Å². The lowest BCUT2D eigenvalue weighted by atomic mass is 10.2. The van der Waals surface area contributed by atoms with E-state index in [0.29, 0.717) is 49.8 Å². The number of rotatable bonds is 6. The SMILES string of the molecule is COC(=S)NCc1cn(-c2ccc(N3CCN(C(=O)[C@@H](O)CO)CC3)c(F)c2)nn1. The van der Waals surface area contributed by atoms with Gasteiger partial charge in [-0.05, 0) is 24.4 Å². The number of amides is 1. The number of carbonyl (C=O) groups is 1. The van der Waals surface area contributed by atoms with E-state index in [9.17, 15) is 14.3 Å². The first-order valence-corrected chi connectivity index (χ1v) is 9.69. The summed E-state index contributed by atoms with van der Waals surface area (Å²) >= 11 is 4.90. The second-order valence-corrected chi connectivity index (χ2v) is 7.02. The molecule has 162 valence electrons. The topological polar surface area (TPSA) is 116 Å². The molecule has 1 aromatic heterocycles. The smallest absolute Gasteiger partial charge is 0.256 e. The van der Waals surface area contributed by atoms with Crippen molar-refractivity contribution in [2.75, 3.05) is 44.8 Å². The van der Waals surface area contributed by atoms with Gasteiger partial charge in [0.2, 0.25) is 0 Å². The van der Waals surface area contributed by atoms with E-state index in [-0.39, 0.29) is 5.17 Å². The van der Waals surface area contributed by atoms with Crippen LogP contribution in [0.1, 0.15) is 5.69 Å². The van der Waals surface area contributed by atoms with E-state index in [1.54, 1.807) is 18.3 Å². The Morgan fingerprint density at radius 2 is 2.10 bits per heavy atom. The van der Waals surface area contributed by atoms with Crippen LogP contribution in [-0.2, 0) is 16.1 Å². The molecule has 0 bridgehead atoms. The van der Waals surface area contributed by atoms with Gasteiger partial charge in [-0.2, -0.15) is 0 Å². The number of ether oxygens (including phenoxy) is 1. The van der Waals surface area contributed by atoms with Gasteiger partial charge in [0, 0.05) is 32.2 Å². The molecule has 0 saturated carbocycles. The van der Waals surface area contributed by atoms with E-state index in [1.165, 1.54) is 22.8 Å². The van der Waals surface area contributed by atoms with Crippen LogP contribution in [0.3, 0.4) is 0 Å². The summed E-state index contributed by atoms with van der Waals surface area (Å²) in [6, 6.07) is 4.76. The highest BCUT2D eigenvalue weighted by Gasteiger charge is 2.26.